The largest absolute Gasteiger partial charge is 0.310 e. The molecule has 5 heteroatoms. The van der Waals surface area contributed by atoms with Crippen LogP contribution in [-0.4, -0.2) is 21.4 Å². The Bertz CT molecular complexity index is 981. The molecule has 1 N–H and O–H groups in total. The molecule has 3 aromatic rings. The van der Waals surface area contributed by atoms with Crippen LogP contribution in [0.2, 0.25) is 0 Å². The minimum atomic E-state index is -0.138. The topological polar surface area (TPSA) is 49.0 Å². The zero-order chi connectivity index (χ0) is 17.6. The summed E-state index contributed by atoms with van der Waals surface area (Å²) >= 11 is 1.79. The number of hydrogen-bond donors (Lipinski definition) is 1. The third-order valence-corrected chi connectivity index (χ3v) is 5.83. The number of nitrogens with zero attached hydrogens (tertiary/aromatic N) is 2. The lowest BCUT2D eigenvalue weighted by molar-refractivity contribution is 0.242. The van der Waals surface area contributed by atoms with Crippen LogP contribution >= 0.6 is 11.3 Å². The van der Waals surface area contributed by atoms with Crippen LogP contribution in [0.5, 0.6) is 0 Å². The maximum absolute atomic E-state index is 12.6. The highest BCUT2D eigenvalue weighted by Crippen LogP contribution is 2.28. The van der Waals surface area contributed by atoms with Crippen molar-refractivity contribution < 1.29 is 0 Å². The van der Waals surface area contributed by atoms with Crippen LogP contribution in [0.1, 0.15) is 43.4 Å². The molecule has 130 valence electrons. The summed E-state index contributed by atoms with van der Waals surface area (Å²) in [6.07, 6.45) is 0.838. The van der Waals surface area contributed by atoms with Gasteiger partial charge >= 0.3 is 0 Å². The molecule has 4 nitrogen and oxygen atoms in total. The van der Waals surface area contributed by atoms with Crippen molar-refractivity contribution in [2.45, 2.75) is 45.7 Å². The Morgan fingerprint density at radius 3 is 2.88 bits per heavy atom. The molecule has 0 aliphatic carbocycles. The molecule has 25 heavy (non-hydrogen) atoms. The van der Waals surface area contributed by atoms with Crippen molar-refractivity contribution in [1.82, 2.24) is 14.9 Å². The average molecular weight is 353 g/mol. The molecule has 0 atom stereocenters. The Hall–Kier alpha value is -1.98. The summed E-state index contributed by atoms with van der Waals surface area (Å²) in [6.45, 7) is 8.73. The molecule has 0 spiro atoms. The normalized spacial score (nSPS) is 15.5. The van der Waals surface area contributed by atoms with Gasteiger partial charge in [0.15, 0.2) is 0 Å². The second kappa shape index (κ2) is 6.07. The van der Waals surface area contributed by atoms with E-state index in [1.54, 1.807) is 11.3 Å². The highest BCUT2D eigenvalue weighted by Gasteiger charge is 2.25. The molecule has 0 radical (unpaired) electrons. The van der Waals surface area contributed by atoms with Gasteiger partial charge in [-0.2, -0.15) is 0 Å². The smallest absolute Gasteiger partial charge is 0.255 e. The maximum Gasteiger partial charge on any atom is 0.255 e. The quantitative estimate of drug-likeness (QED) is 0.761. The van der Waals surface area contributed by atoms with E-state index in [-0.39, 0.29) is 11.0 Å². The third kappa shape index (κ3) is 3.14. The highest BCUT2D eigenvalue weighted by molar-refractivity contribution is 7.17. The van der Waals surface area contributed by atoms with Crippen LogP contribution in [0.15, 0.2) is 34.4 Å². The van der Waals surface area contributed by atoms with Crippen molar-refractivity contribution in [2.24, 2.45) is 0 Å². The van der Waals surface area contributed by atoms with Crippen LogP contribution in [0.25, 0.3) is 10.1 Å². The van der Waals surface area contributed by atoms with Crippen molar-refractivity contribution in [1.29, 1.82) is 0 Å². The number of aromatic amines is 1. The fourth-order valence-electron chi connectivity index (χ4n) is 3.37. The zero-order valence-electron chi connectivity index (χ0n) is 14.9. The molecule has 2 aromatic heterocycles. The summed E-state index contributed by atoms with van der Waals surface area (Å²) in [4.78, 5) is 22.7. The SMILES string of the molecule is CC(C)(C)c1nc2c(c(=O)[nH]1)CN(Cc1csc3ccccc13)CC2. The van der Waals surface area contributed by atoms with Crippen LogP contribution in [0.4, 0.5) is 0 Å². The van der Waals surface area contributed by atoms with Gasteiger partial charge in [-0.05, 0) is 22.4 Å². The first kappa shape index (κ1) is 16.5. The number of thiophene rings is 1. The van der Waals surface area contributed by atoms with Gasteiger partial charge in [-0.25, -0.2) is 4.98 Å². The summed E-state index contributed by atoms with van der Waals surface area (Å²) < 4.78 is 1.32. The van der Waals surface area contributed by atoms with E-state index in [9.17, 15) is 4.79 Å². The molecule has 3 heterocycles. The maximum atomic E-state index is 12.6. The molecule has 0 saturated carbocycles. The Morgan fingerprint density at radius 1 is 1.28 bits per heavy atom. The molecule has 1 aromatic carbocycles. The van der Waals surface area contributed by atoms with E-state index in [0.717, 1.165) is 36.6 Å². The van der Waals surface area contributed by atoms with E-state index in [1.807, 2.05) is 0 Å². The first-order valence-corrected chi connectivity index (χ1v) is 9.60. The molecule has 1 aliphatic heterocycles. The first-order valence-electron chi connectivity index (χ1n) is 8.72. The number of benzene rings is 1. The second-order valence-electron chi connectivity index (χ2n) is 7.81. The molecule has 0 unspecified atom stereocenters. The van der Waals surface area contributed by atoms with Gasteiger partial charge in [0.2, 0.25) is 0 Å². The molecular formula is C20H23N3OS. The van der Waals surface area contributed by atoms with Gasteiger partial charge in [0.1, 0.15) is 5.82 Å². The third-order valence-electron chi connectivity index (χ3n) is 4.81. The van der Waals surface area contributed by atoms with Crippen LogP contribution in [0.3, 0.4) is 0 Å². The van der Waals surface area contributed by atoms with E-state index < -0.39 is 0 Å². The number of hydrogen-bond acceptors (Lipinski definition) is 4. The monoisotopic (exact) mass is 353 g/mol. The highest BCUT2D eigenvalue weighted by atomic mass is 32.1. The van der Waals surface area contributed by atoms with Crippen molar-refractivity contribution in [2.75, 3.05) is 6.54 Å². The number of rotatable bonds is 2. The summed E-state index contributed by atoms with van der Waals surface area (Å²) in [5.41, 5.74) is 3.04. The van der Waals surface area contributed by atoms with Gasteiger partial charge in [-0.1, -0.05) is 39.0 Å². The van der Waals surface area contributed by atoms with Crippen molar-refractivity contribution >= 4 is 21.4 Å². The van der Waals surface area contributed by atoms with Crippen molar-refractivity contribution in [3.63, 3.8) is 0 Å². The van der Waals surface area contributed by atoms with E-state index in [4.69, 9.17) is 4.98 Å². The zero-order valence-corrected chi connectivity index (χ0v) is 15.7. The Kier molecular flexibility index (Phi) is 4.01. The Labute approximate surface area is 151 Å². The fourth-order valence-corrected chi connectivity index (χ4v) is 4.32. The van der Waals surface area contributed by atoms with Gasteiger partial charge in [0.05, 0.1) is 11.3 Å². The molecular weight excluding hydrogens is 330 g/mol. The predicted molar refractivity (Wildman–Crippen MR) is 103 cm³/mol. The Morgan fingerprint density at radius 2 is 2.08 bits per heavy atom. The molecule has 0 fully saturated rings. The predicted octanol–water partition coefficient (Wildman–Crippen LogP) is 3.84. The van der Waals surface area contributed by atoms with E-state index in [2.05, 4.69) is 60.3 Å². The molecule has 4 rings (SSSR count). The number of aromatic nitrogens is 2. The second-order valence-corrected chi connectivity index (χ2v) is 8.72. The van der Waals surface area contributed by atoms with Gasteiger partial charge in [0.25, 0.3) is 5.56 Å². The van der Waals surface area contributed by atoms with Gasteiger partial charge in [-0.3, -0.25) is 9.69 Å². The summed E-state index contributed by atoms with van der Waals surface area (Å²) in [6, 6.07) is 8.52. The van der Waals surface area contributed by atoms with E-state index in [0.29, 0.717) is 6.54 Å². The number of fused-ring (bicyclic) bond motifs is 2. The lowest BCUT2D eigenvalue weighted by Crippen LogP contribution is -2.37. The molecule has 0 saturated heterocycles. The summed E-state index contributed by atoms with van der Waals surface area (Å²) in [5.74, 6) is 0.786. The van der Waals surface area contributed by atoms with Crippen molar-refractivity contribution in [3.8, 4) is 0 Å². The van der Waals surface area contributed by atoms with Gasteiger partial charge in [0, 0.05) is 36.2 Å². The standard InChI is InChI=1S/C20H23N3OS/c1-20(2,3)19-21-16-8-9-23(11-15(16)18(24)22-19)10-13-12-25-17-7-5-4-6-14(13)17/h4-7,12H,8-11H2,1-3H3,(H,21,22,24). The molecule has 0 bridgehead atoms. The average Bonchev–Trinajstić information content (AvgIpc) is 2.98. The van der Waals surface area contributed by atoms with E-state index >= 15 is 0 Å². The summed E-state index contributed by atoms with van der Waals surface area (Å²) in [5, 5.41) is 3.57. The fraction of sp³-hybridized carbons (Fsp3) is 0.400. The lowest BCUT2D eigenvalue weighted by Gasteiger charge is -2.28. The Balaban J connectivity index is 1.60. The number of nitrogens with one attached hydrogen (secondary N) is 1. The van der Waals surface area contributed by atoms with Gasteiger partial charge < -0.3 is 4.98 Å². The van der Waals surface area contributed by atoms with Crippen LogP contribution in [-0.2, 0) is 24.9 Å². The molecule has 1 aliphatic rings. The molecule has 0 amide bonds. The van der Waals surface area contributed by atoms with Crippen LogP contribution < -0.4 is 5.56 Å². The number of H-pyrrole nitrogens is 1. The minimum Gasteiger partial charge on any atom is -0.310 e. The minimum absolute atomic E-state index is 0.0230. The summed E-state index contributed by atoms with van der Waals surface area (Å²) in [7, 11) is 0. The van der Waals surface area contributed by atoms with Crippen LogP contribution in [0, 0.1) is 0 Å². The van der Waals surface area contributed by atoms with Gasteiger partial charge in [-0.15, -0.1) is 11.3 Å². The van der Waals surface area contributed by atoms with Crippen molar-refractivity contribution in [3.05, 3.63) is 62.6 Å². The van der Waals surface area contributed by atoms with E-state index in [1.165, 1.54) is 15.6 Å². The lowest BCUT2D eigenvalue weighted by atomic mass is 9.95. The first-order chi connectivity index (χ1) is 11.9.